The SMILES string of the molecule is CC(Cc1n[nH]c(-c2ccccc2)c1N)OC=O. The zero-order chi connectivity index (χ0) is 13.0. The number of nitrogens with zero attached hydrogens (tertiary/aromatic N) is 1. The van der Waals surface area contributed by atoms with Gasteiger partial charge in [0, 0.05) is 12.0 Å². The Kier molecular flexibility index (Phi) is 3.62. The Hall–Kier alpha value is -2.30. The Morgan fingerprint density at radius 2 is 2.17 bits per heavy atom. The molecule has 0 spiro atoms. The summed E-state index contributed by atoms with van der Waals surface area (Å²) in [5.41, 5.74) is 9.13. The molecule has 94 valence electrons. The van der Waals surface area contributed by atoms with Crippen molar-refractivity contribution in [2.75, 3.05) is 5.73 Å². The Labute approximate surface area is 105 Å². The molecule has 3 N–H and O–H groups in total. The number of benzene rings is 1. The molecule has 5 nitrogen and oxygen atoms in total. The molecule has 0 fully saturated rings. The summed E-state index contributed by atoms with van der Waals surface area (Å²) in [5.74, 6) is 0. The summed E-state index contributed by atoms with van der Waals surface area (Å²) in [6, 6.07) is 9.73. The number of nitrogens with two attached hydrogens (primary N) is 1. The molecule has 1 aromatic heterocycles. The van der Waals surface area contributed by atoms with Crippen molar-refractivity contribution in [3.05, 3.63) is 36.0 Å². The number of rotatable bonds is 5. The minimum Gasteiger partial charge on any atom is -0.464 e. The quantitative estimate of drug-likeness (QED) is 0.786. The van der Waals surface area contributed by atoms with Crippen LogP contribution in [0.2, 0.25) is 0 Å². The second kappa shape index (κ2) is 5.35. The van der Waals surface area contributed by atoms with Crippen LogP contribution in [0.15, 0.2) is 30.3 Å². The number of carbonyl (C=O) groups is 1. The van der Waals surface area contributed by atoms with Crippen molar-refractivity contribution in [2.45, 2.75) is 19.4 Å². The van der Waals surface area contributed by atoms with Crippen molar-refractivity contribution in [1.29, 1.82) is 0 Å². The molecule has 1 atom stereocenters. The molecule has 0 aliphatic rings. The predicted octanol–water partition coefficient (Wildman–Crippen LogP) is 1.76. The van der Waals surface area contributed by atoms with Crippen LogP contribution in [0.4, 0.5) is 5.69 Å². The summed E-state index contributed by atoms with van der Waals surface area (Å²) in [5, 5.41) is 7.09. The van der Waals surface area contributed by atoms with E-state index in [-0.39, 0.29) is 6.10 Å². The fourth-order valence-corrected chi connectivity index (χ4v) is 1.78. The molecular formula is C13H15N3O2. The zero-order valence-corrected chi connectivity index (χ0v) is 10.1. The molecule has 0 saturated carbocycles. The molecule has 0 bridgehead atoms. The van der Waals surface area contributed by atoms with Crippen molar-refractivity contribution in [3.63, 3.8) is 0 Å². The van der Waals surface area contributed by atoms with Gasteiger partial charge in [-0.1, -0.05) is 30.3 Å². The van der Waals surface area contributed by atoms with E-state index in [2.05, 4.69) is 10.2 Å². The van der Waals surface area contributed by atoms with E-state index in [9.17, 15) is 4.79 Å². The number of nitrogens with one attached hydrogen (secondary N) is 1. The number of aromatic amines is 1. The van der Waals surface area contributed by atoms with Gasteiger partial charge in [0.15, 0.2) is 0 Å². The van der Waals surface area contributed by atoms with Crippen LogP contribution >= 0.6 is 0 Å². The lowest BCUT2D eigenvalue weighted by molar-refractivity contribution is -0.132. The second-order valence-corrected chi connectivity index (χ2v) is 4.07. The largest absolute Gasteiger partial charge is 0.464 e. The summed E-state index contributed by atoms with van der Waals surface area (Å²) in [6.07, 6.45) is 0.255. The van der Waals surface area contributed by atoms with Gasteiger partial charge >= 0.3 is 0 Å². The Balaban J connectivity index is 2.21. The van der Waals surface area contributed by atoms with Crippen molar-refractivity contribution in [2.24, 2.45) is 0 Å². The van der Waals surface area contributed by atoms with E-state index in [1.165, 1.54) is 0 Å². The topological polar surface area (TPSA) is 81.0 Å². The average molecular weight is 245 g/mol. The molecule has 2 aromatic rings. The fourth-order valence-electron chi connectivity index (χ4n) is 1.78. The first-order valence-electron chi connectivity index (χ1n) is 5.69. The van der Waals surface area contributed by atoms with Gasteiger partial charge < -0.3 is 10.5 Å². The van der Waals surface area contributed by atoms with Gasteiger partial charge in [-0.15, -0.1) is 0 Å². The molecule has 0 saturated heterocycles. The van der Waals surface area contributed by atoms with Gasteiger partial charge in [-0.3, -0.25) is 9.89 Å². The van der Waals surface area contributed by atoms with E-state index in [1.54, 1.807) is 6.92 Å². The first kappa shape index (κ1) is 12.2. The number of hydrogen-bond donors (Lipinski definition) is 2. The minimum atomic E-state index is -0.239. The van der Waals surface area contributed by atoms with E-state index in [4.69, 9.17) is 10.5 Å². The van der Waals surface area contributed by atoms with Crippen LogP contribution in [-0.2, 0) is 16.0 Å². The monoisotopic (exact) mass is 245 g/mol. The number of hydrogen-bond acceptors (Lipinski definition) is 4. The minimum absolute atomic E-state index is 0.239. The first-order chi connectivity index (χ1) is 8.72. The highest BCUT2D eigenvalue weighted by molar-refractivity contribution is 5.74. The number of nitrogen functional groups attached to an aromatic ring is 1. The van der Waals surface area contributed by atoms with Crippen LogP contribution in [0.3, 0.4) is 0 Å². The fraction of sp³-hybridized carbons (Fsp3) is 0.231. The molecule has 0 aliphatic carbocycles. The Morgan fingerprint density at radius 1 is 1.44 bits per heavy atom. The molecule has 1 heterocycles. The molecule has 1 aromatic carbocycles. The van der Waals surface area contributed by atoms with Crippen molar-refractivity contribution in [1.82, 2.24) is 10.2 Å². The normalized spacial score (nSPS) is 12.1. The maximum absolute atomic E-state index is 10.2. The lowest BCUT2D eigenvalue weighted by atomic mass is 10.1. The summed E-state index contributed by atoms with van der Waals surface area (Å²) in [4.78, 5) is 10.2. The van der Waals surface area contributed by atoms with E-state index >= 15 is 0 Å². The summed E-state index contributed by atoms with van der Waals surface area (Å²) in [6.45, 7) is 2.23. The van der Waals surface area contributed by atoms with E-state index in [0.717, 1.165) is 11.3 Å². The summed E-state index contributed by atoms with van der Waals surface area (Å²) < 4.78 is 4.83. The summed E-state index contributed by atoms with van der Waals surface area (Å²) >= 11 is 0. The zero-order valence-electron chi connectivity index (χ0n) is 10.1. The number of aromatic nitrogens is 2. The van der Waals surface area contributed by atoms with Gasteiger partial charge in [-0.2, -0.15) is 5.10 Å². The lowest BCUT2D eigenvalue weighted by Crippen LogP contribution is -2.11. The standard InChI is InChI=1S/C13H15N3O2/c1-9(18-8-17)7-11-12(14)13(16-15-11)10-5-3-2-4-6-10/h2-6,8-9H,7,14H2,1H3,(H,15,16). The molecule has 0 radical (unpaired) electrons. The molecule has 5 heteroatoms. The molecule has 1 unspecified atom stereocenters. The molecule has 18 heavy (non-hydrogen) atoms. The Bertz CT molecular complexity index is 522. The van der Waals surface area contributed by atoms with Crippen LogP contribution in [0, 0.1) is 0 Å². The van der Waals surface area contributed by atoms with Crippen molar-refractivity contribution >= 4 is 12.2 Å². The van der Waals surface area contributed by atoms with Crippen molar-refractivity contribution < 1.29 is 9.53 Å². The number of ether oxygens (including phenoxy) is 1. The van der Waals surface area contributed by atoms with Crippen LogP contribution in [0.1, 0.15) is 12.6 Å². The highest BCUT2D eigenvalue weighted by Gasteiger charge is 2.14. The van der Waals surface area contributed by atoms with Crippen LogP contribution < -0.4 is 5.73 Å². The molecule has 2 rings (SSSR count). The molecular weight excluding hydrogens is 230 g/mol. The van der Waals surface area contributed by atoms with Crippen LogP contribution in [0.5, 0.6) is 0 Å². The highest BCUT2D eigenvalue weighted by atomic mass is 16.5. The van der Waals surface area contributed by atoms with Gasteiger partial charge in [0.05, 0.1) is 17.1 Å². The maximum atomic E-state index is 10.2. The molecule has 0 aliphatic heterocycles. The van der Waals surface area contributed by atoms with E-state index < -0.39 is 0 Å². The third-order valence-electron chi connectivity index (χ3n) is 2.71. The van der Waals surface area contributed by atoms with Gasteiger partial charge in [0.1, 0.15) is 6.10 Å². The van der Waals surface area contributed by atoms with Crippen molar-refractivity contribution in [3.8, 4) is 11.3 Å². The van der Waals surface area contributed by atoms with Gasteiger partial charge in [-0.25, -0.2) is 0 Å². The van der Waals surface area contributed by atoms with E-state index in [0.29, 0.717) is 24.3 Å². The van der Waals surface area contributed by atoms with Gasteiger partial charge in [-0.05, 0) is 6.92 Å². The average Bonchev–Trinajstić information content (AvgIpc) is 2.72. The molecule has 0 amide bonds. The van der Waals surface area contributed by atoms with Gasteiger partial charge in [0.2, 0.25) is 0 Å². The highest BCUT2D eigenvalue weighted by Crippen LogP contribution is 2.26. The smallest absolute Gasteiger partial charge is 0.293 e. The predicted molar refractivity (Wildman–Crippen MR) is 68.8 cm³/mol. The lowest BCUT2D eigenvalue weighted by Gasteiger charge is -2.07. The van der Waals surface area contributed by atoms with Crippen LogP contribution in [0.25, 0.3) is 11.3 Å². The number of anilines is 1. The number of carbonyl (C=O) groups excluding carboxylic acids is 1. The van der Waals surface area contributed by atoms with Gasteiger partial charge in [0.25, 0.3) is 6.47 Å². The second-order valence-electron chi connectivity index (χ2n) is 4.07. The third kappa shape index (κ3) is 2.51. The summed E-state index contributed by atoms with van der Waals surface area (Å²) in [7, 11) is 0. The Morgan fingerprint density at radius 3 is 2.83 bits per heavy atom. The first-order valence-corrected chi connectivity index (χ1v) is 5.69. The van der Waals surface area contributed by atoms with Crippen LogP contribution in [-0.4, -0.2) is 22.8 Å². The maximum Gasteiger partial charge on any atom is 0.293 e. The van der Waals surface area contributed by atoms with E-state index in [1.807, 2.05) is 30.3 Å². The number of H-pyrrole nitrogens is 1. The third-order valence-corrected chi connectivity index (χ3v) is 2.71.